The van der Waals surface area contributed by atoms with Gasteiger partial charge in [0, 0.05) is 22.2 Å². The molecule has 0 fully saturated rings. The smallest absolute Gasteiger partial charge is 0.331 e. The number of hydrogen-bond donors (Lipinski definition) is 1. The molecule has 1 amide bonds. The maximum atomic E-state index is 11.6. The zero-order valence-electron chi connectivity index (χ0n) is 12.0. The third-order valence-corrected chi connectivity index (χ3v) is 3.16. The molecule has 2 aromatic rings. The molecule has 1 aromatic carbocycles. The lowest BCUT2D eigenvalue weighted by Crippen LogP contribution is -2.19. The van der Waals surface area contributed by atoms with Gasteiger partial charge in [-0.05, 0) is 30.7 Å². The number of halogens is 2. The Morgan fingerprint density at radius 2 is 2.13 bits per heavy atom. The number of nitrogens with zero attached hydrogens (tertiary/aromatic N) is 1. The number of ether oxygens (including phenoxy) is 1. The second kappa shape index (κ2) is 7.80. The SMILES string of the molecule is Cc1cc(NC(=O)COC(=O)C=Cc2ccc(Cl)cc2Cl)on1. The van der Waals surface area contributed by atoms with E-state index in [1.165, 1.54) is 12.2 Å². The Morgan fingerprint density at radius 3 is 2.78 bits per heavy atom. The maximum Gasteiger partial charge on any atom is 0.331 e. The number of aromatic nitrogens is 1. The molecular formula is C15H12Cl2N2O4. The van der Waals surface area contributed by atoms with Gasteiger partial charge < -0.3 is 9.26 Å². The van der Waals surface area contributed by atoms with E-state index in [0.717, 1.165) is 0 Å². The van der Waals surface area contributed by atoms with Crippen LogP contribution < -0.4 is 5.32 Å². The van der Waals surface area contributed by atoms with E-state index in [1.54, 1.807) is 31.2 Å². The van der Waals surface area contributed by atoms with Crippen LogP contribution in [0.1, 0.15) is 11.3 Å². The lowest BCUT2D eigenvalue weighted by Gasteiger charge is -2.02. The lowest BCUT2D eigenvalue weighted by atomic mass is 10.2. The first-order valence-electron chi connectivity index (χ1n) is 6.47. The molecule has 0 aliphatic heterocycles. The number of carbonyl (C=O) groups excluding carboxylic acids is 2. The summed E-state index contributed by atoms with van der Waals surface area (Å²) in [6, 6.07) is 6.40. The van der Waals surface area contributed by atoms with Crippen LogP contribution in [0.25, 0.3) is 6.08 Å². The zero-order valence-corrected chi connectivity index (χ0v) is 13.5. The van der Waals surface area contributed by atoms with E-state index < -0.39 is 18.5 Å². The van der Waals surface area contributed by atoms with E-state index in [1.807, 2.05) is 0 Å². The second-order valence-electron chi connectivity index (χ2n) is 4.49. The van der Waals surface area contributed by atoms with Crippen molar-refractivity contribution in [2.45, 2.75) is 6.92 Å². The van der Waals surface area contributed by atoms with Gasteiger partial charge in [-0.3, -0.25) is 10.1 Å². The Balaban J connectivity index is 1.82. The van der Waals surface area contributed by atoms with Crippen molar-refractivity contribution in [2.24, 2.45) is 0 Å². The fraction of sp³-hybridized carbons (Fsp3) is 0.133. The molecule has 0 aliphatic carbocycles. The van der Waals surface area contributed by atoms with Gasteiger partial charge in [-0.2, -0.15) is 0 Å². The highest BCUT2D eigenvalue weighted by Crippen LogP contribution is 2.21. The van der Waals surface area contributed by atoms with Crippen LogP contribution in [0.15, 0.2) is 34.9 Å². The molecule has 2 rings (SSSR count). The standard InChI is InChI=1S/C15H12Cl2N2O4/c1-9-6-14(23-19-9)18-13(20)8-22-15(21)5-3-10-2-4-11(16)7-12(10)17/h2-7H,8H2,1H3,(H,18,20). The Labute approximate surface area is 142 Å². The number of rotatable bonds is 5. The van der Waals surface area contributed by atoms with Crippen molar-refractivity contribution in [3.05, 3.63) is 51.6 Å². The summed E-state index contributed by atoms with van der Waals surface area (Å²) >= 11 is 11.7. The van der Waals surface area contributed by atoms with Crippen LogP contribution in [-0.4, -0.2) is 23.6 Å². The van der Waals surface area contributed by atoms with Crippen molar-refractivity contribution in [3.63, 3.8) is 0 Å². The largest absolute Gasteiger partial charge is 0.452 e. The number of nitrogens with one attached hydrogen (secondary N) is 1. The quantitative estimate of drug-likeness (QED) is 0.656. The van der Waals surface area contributed by atoms with Gasteiger partial charge >= 0.3 is 5.97 Å². The molecule has 0 spiro atoms. The molecule has 8 heteroatoms. The number of aryl methyl sites for hydroxylation is 1. The number of carbonyl (C=O) groups is 2. The van der Waals surface area contributed by atoms with E-state index >= 15 is 0 Å². The van der Waals surface area contributed by atoms with Gasteiger partial charge in [-0.15, -0.1) is 0 Å². The highest BCUT2D eigenvalue weighted by atomic mass is 35.5. The summed E-state index contributed by atoms with van der Waals surface area (Å²) < 4.78 is 9.61. The van der Waals surface area contributed by atoms with E-state index in [9.17, 15) is 9.59 Å². The number of hydrogen-bond acceptors (Lipinski definition) is 5. The molecule has 0 aliphatic rings. The van der Waals surface area contributed by atoms with Crippen molar-refractivity contribution >= 4 is 47.0 Å². The third-order valence-electron chi connectivity index (χ3n) is 2.60. The van der Waals surface area contributed by atoms with Crippen LogP contribution in [-0.2, 0) is 14.3 Å². The Hall–Kier alpha value is -2.31. The van der Waals surface area contributed by atoms with Crippen LogP contribution in [0.4, 0.5) is 5.88 Å². The van der Waals surface area contributed by atoms with Crippen molar-refractivity contribution in [1.82, 2.24) is 5.16 Å². The highest BCUT2D eigenvalue weighted by molar-refractivity contribution is 6.35. The maximum absolute atomic E-state index is 11.6. The van der Waals surface area contributed by atoms with Gasteiger partial charge in [0.05, 0.1) is 5.69 Å². The highest BCUT2D eigenvalue weighted by Gasteiger charge is 2.08. The zero-order chi connectivity index (χ0) is 16.8. The monoisotopic (exact) mass is 354 g/mol. The molecule has 23 heavy (non-hydrogen) atoms. The van der Waals surface area contributed by atoms with E-state index in [2.05, 4.69) is 10.5 Å². The molecule has 0 atom stereocenters. The van der Waals surface area contributed by atoms with Gasteiger partial charge in [-0.25, -0.2) is 4.79 Å². The van der Waals surface area contributed by atoms with Gasteiger partial charge in [0.2, 0.25) is 5.88 Å². The van der Waals surface area contributed by atoms with Crippen LogP contribution in [0.5, 0.6) is 0 Å². The fourth-order valence-electron chi connectivity index (χ4n) is 1.58. The minimum atomic E-state index is -0.681. The molecule has 1 aromatic heterocycles. The Bertz CT molecular complexity index is 756. The summed E-state index contributed by atoms with van der Waals surface area (Å²) in [7, 11) is 0. The molecule has 6 nitrogen and oxygen atoms in total. The minimum Gasteiger partial charge on any atom is -0.452 e. The second-order valence-corrected chi connectivity index (χ2v) is 5.33. The topological polar surface area (TPSA) is 81.4 Å². The van der Waals surface area contributed by atoms with Gasteiger partial charge in [0.15, 0.2) is 6.61 Å². The average molecular weight is 355 g/mol. The van der Waals surface area contributed by atoms with Gasteiger partial charge in [0.1, 0.15) is 0 Å². The number of esters is 1. The minimum absolute atomic E-state index is 0.187. The molecule has 0 radical (unpaired) electrons. The first kappa shape index (κ1) is 17.1. The number of anilines is 1. The van der Waals surface area contributed by atoms with Gasteiger partial charge in [0.25, 0.3) is 5.91 Å². The lowest BCUT2D eigenvalue weighted by molar-refractivity contribution is -0.142. The van der Waals surface area contributed by atoms with Crippen LogP contribution >= 0.6 is 23.2 Å². The third kappa shape index (κ3) is 5.43. The molecule has 0 bridgehead atoms. The molecule has 0 unspecified atom stereocenters. The van der Waals surface area contributed by atoms with E-state index in [-0.39, 0.29) is 5.88 Å². The Morgan fingerprint density at radius 1 is 1.35 bits per heavy atom. The molecule has 0 saturated carbocycles. The van der Waals surface area contributed by atoms with Crippen molar-refractivity contribution in [3.8, 4) is 0 Å². The Kier molecular flexibility index (Phi) is 5.78. The number of benzene rings is 1. The van der Waals surface area contributed by atoms with Crippen LogP contribution in [0, 0.1) is 6.92 Å². The summed E-state index contributed by atoms with van der Waals surface area (Å²) in [4.78, 5) is 23.1. The van der Waals surface area contributed by atoms with Crippen LogP contribution in [0.2, 0.25) is 10.0 Å². The van der Waals surface area contributed by atoms with E-state index in [4.69, 9.17) is 32.5 Å². The average Bonchev–Trinajstić information content (AvgIpc) is 2.89. The summed E-state index contributed by atoms with van der Waals surface area (Å²) in [5.41, 5.74) is 1.23. The predicted molar refractivity (Wildman–Crippen MR) is 86.3 cm³/mol. The van der Waals surface area contributed by atoms with Crippen LogP contribution in [0.3, 0.4) is 0 Å². The summed E-state index contributed by atoms with van der Waals surface area (Å²) in [6.45, 7) is 1.27. The number of amides is 1. The van der Waals surface area contributed by atoms with Gasteiger partial charge in [-0.1, -0.05) is 34.4 Å². The first-order chi connectivity index (χ1) is 10.9. The predicted octanol–water partition coefficient (Wildman–Crippen LogP) is 3.48. The van der Waals surface area contributed by atoms with Crippen molar-refractivity contribution in [1.29, 1.82) is 0 Å². The fourth-order valence-corrected chi connectivity index (χ4v) is 2.05. The molecule has 0 saturated heterocycles. The van der Waals surface area contributed by atoms with E-state index in [0.29, 0.717) is 21.3 Å². The molecule has 1 N–H and O–H groups in total. The normalized spacial score (nSPS) is 10.7. The summed E-state index contributed by atoms with van der Waals surface area (Å²) in [6.07, 6.45) is 2.64. The first-order valence-corrected chi connectivity index (χ1v) is 7.22. The molecule has 120 valence electrons. The molecule has 1 heterocycles. The molecular weight excluding hydrogens is 343 g/mol. The summed E-state index contributed by atoms with van der Waals surface area (Å²) in [5, 5.41) is 6.91. The van der Waals surface area contributed by atoms with Crippen molar-refractivity contribution in [2.75, 3.05) is 11.9 Å². The van der Waals surface area contributed by atoms with Crippen molar-refractivity contribution < 1.29 is 18.8 Å². The summed E-state index contributed by atoms with van der Waals surface area (Å²) in [5.74, 6) is -1.03.